The van der Waals surface area contributed by atoms with Crippen molar-refractivity contribution < 1.29 is 4.92 Å². The fourth-order valence-corrected chi connectivity index (χ4v) is 2.63. The molecule has 1 fully saturated rings. The van der Waals surface area contributed by atoms with Crippen molar-refractivity contribution >= 4 is 33.2 Å². The summed E-state index contributed by atoms with van der Waals surface area (Å²) < 4.78 is 0.718. The highest BCUT2D eigenvalue weighted by molar-refractivity contribution is 9.10. The number of non-ortho nitro benzene ring substituents is 1. The van der Waals surface area contributed by atoms with Gasteiger partial charge < -0.3 is 0 Å². The van der Waals surface area contributed by atoms with Crippen LogP contribution in [0.25, 0.3) is 11.4 Å². The largest absolute Gasteiger partial charge is 0.270 e. The lowest BCUT2D eigenvalue weighted by Gasteiger charge is -2.07. The van der Waals surface area contributed by atoms with Crippen LogP contribution in [-0.4, -0.2) is 14.9 Å². The molecule has 0 amide bonds. The Bertz CT molecular complexity index is 704. The zero-order valence-electron chi connectivity index (χ0n) is 10.2. The van der Waals surface area contributed by atoms with E-state index in [1.54, 1.807) is 12.1 Å². The van der Waals surface area contributed by atoms with Crippen LogP contribution in [0, 0.1) is 10.1 Å². The van der Waals surface area contributed by atoms with Crippen LogP contribution in [-0.2, 0) is 0 Å². The third kappa shape index (κ3) is 2.53. The van der Waals surface area contributed by atoms with Gasteiger partial charge in [-0.15, -0.1) is 0 Å². The van der Waals surface area contributed by atoms with E-state index < -0.39 is 4.92 Å². The minimum atomic E-state index is -0.439. The molecule has 1 heterocycles. The summed E-state index contributed by atoms with van der Waals surface area (Å²) in [6, 6.07) is 6.24. The molecule has 0 N–H and O–H groups in total. The number of hydrogen-bond acceptors (Lipinski definition) is 4. The van der Waals surface area contributed by atoms with Gasteiger partial charge >= 0.3 is 0 Å². The minimum Gasteiger partial charge on any atom is -0.258 e. The van der Waals surface area contributed by atoms with Gasteiger partial charge in [-0.3, -0.25) is 10.1 Å². The van der Waals surface area contributed by atoms with E-state index >= 15 is 0 Å². The fourth-order valence-electron chi connectivity index (χ4n) is 1.95. The summed E-state index contributed by atoms with van der Waals surface area (Å²) in [6.07, 6.45) is 2.17. The van der Waals surface area contributed by atoms with Crippen LogP contribution in [0.1, 0.15) is 24.5 Å². The zero-order valence-corrected chi connectivity index (χ0v) is 12.6. The maximum Gasteiger partial charge on any atom is 0.270 e. The standard InChI is InChI=1S/C13H9BrClN3O2/c14-10-11(7-4-5-7)16-13(17-12(10)15)8-2-1-3-9(6-8)18(19)20/h1-3,6-7H,4-5H2. The highest BCUT2D eigenvalue weighted by Gasteiger charge is 2.29. The van der Waals surface area contributed by atoms with Gasteiger partial charge in [0.1, 0.15) is 5.15 Å². The van der Waals surface area contributed by atoms with E-state index in [2.05, 4.69) is 25.9 Å². The molecule has 0 aliphatic heterocycles. The maximum absolute atomic E-state index is 10.8. The average molecular weight is 355 g/mol. The number of halogens is 2. The maximum atomic E-state index is 10.8. The average Bonchev–Trinajstić information content (AvgIpc) is 3.26. The summed E-state index contributed by atoms with van der Waals surface area (Å²) in [5, 5.41) is 11.2. The molecule has 2 aromatic rings. The first-order valence-corrected chi connectivity index (χ1v) is 7.21. The van der Waals surface area contributed by atoms with Crippen molar-refractivity contribution in [2.24, 2.45) is 0 Å². The van der Waals surface area contributed by atoms with Crippen molar-refractivity contribution in [3.63, 3.8) is 0 Å². The molecule has 102 valence electrons. The van der Waals surface area contributed by atoms with Crippen molar-refractivity contribution in [1.82, 2.24) is 9.97 Å². The molecule has 0 radical (unpaired) electrons. The molecule has 0 unspecified atom stereocenters. The highest BCUT2D eigenvalue weighted by Crippen LogP contribution is 2.44. The Balaban J connectivity index is 2.10. The van der Waals surface area contributed by atoms with Gasteiger partial charge in [0, 0.05) is 23.6 Å². The van der Waals surface area contributed by atoms with Crippen molar-refractivity contribution in [2.45, 2.75) is 18.8 Å². The van der Waals surface area contributed by atoms with Crippen LogP contribution >= 0.6 is 27.5 Å². The normalized spacial score (nSPS) is 14.3. The van der Waals surface area contributed by atoms with Crippen molar-refractivity contribution in [1.29, 1.82) is 0 Å². The summed E-state index contributed by atoms with van der Waals surface area (Å²) in [5.41, 5.74) is 1.49. The van der Waals surface area contributed by atoms with Crippen molar-refractivity contribution in [3.05, 3.63) is 49.7 Å². The second-order valence-corrected chi connectivity index (χ2v) is 5.77. The molecule has 0 spiro atoms. The predicted molar refractivity (Wildman–Crippen MR) is 78.8 cm³/mol. The Morgan fingerprint density at radius 1 is 1.35 bits per heavy atom. The Morgan fingerprint density at radius 3 is 2.75 bits per heavy atom. The third-order valence-electron chi connectivity index (χ3n) is 3.12. The minimum absolute atomic E-state index is 0.0121. The molecule has 20 heavy (non-hydrogen) atoms. The molecular formula is C13H9BrClN3O2. The van der Waals surface area contributed by atoms with Crippen LogP contribution < -0.4 is 0 Å². The zero-order chi connectivity index (χ0) is 14.3. The Morgan fingerprint density at radius 2 is 2.10 bits per heavy atom. The van der Waals surface area contributed by atoms with Crippen LogP contribution in [0.5, 0.6) is 0 Å². The fraction of sp³-hybridized carbons (Fsp3) is 0.231. The Hall–Kier alpha value is -1.53. The van der Waals surface area contributed by atoms with E-state index in [1.165, 1.54) is 12.1 Å². The first kappa shape index (κ1) is 13.5. The van der Waals surface area contributed by atoms with E-state index in [0.717, 1.165) is 23.0 Å². The SMILES string of the molecule is O=[N+]([O-])c1cccc(-c2nc(Cl)c(Br)c(C3CC3)n2)c1. The van der Waals surface area contributed by atoms with Gasteiger partial charge in [0.15, 0.2) is 5.82 Å². The lowest BCUT2D eigenvalue weighted by molar-refractivity contribution is -0.384. The van der Waals surface area contributed by atoms with Crippen molar-refractivity contribution in [2.75, 3.05) is 0 Å². The van der Waals surface area contributed by atoms with Crippen molar-refractivity contribution in [3.8, 4) is 11.4 Å². The molecular weight excluding hydrogens is 346 g/mol. The van der Waals surface area contributed by atoms with E-state index in [1.807, 2.05) is 0 Å². The van der Waals surface area contributed by atoms with Crippen LogP contribution in [0.4, 0.5) is 5.69 Å². The molecule has 1 aliphatic rings. The second kappa shape index (κ2) is 5.10. The summed E-state index contributed by atoms with van der Waals surface area (Å²) in [4.78, 5) is 19.1. The summed E-state index contributed by atoms with van der Waals surface area (Å²) >= 11 is 9.51. The number of rotatable bonds is 3. The number of aromatic nitrogens is 2. The molecule has 0 atom stereocenters. The van der Waals surface area contributed by atoms with E-state index in [0.29, 0.717) is 22.5 Å². The van der Waals surface area contributed by atoms with Gasteiger partial charge in [0.05, 0.1) is 15.1 Å². The van der Waals surface area contributed by atoms with E-state index in [-0.39, 0.29) is 5.69 Å². The number of benzene rings is 1. The molecule has 7 heteroatoms. The summed E-state index contributed by atoms with van der Waals surface area (Å²) in [5.74, 6) is 0.825. The first-order valence-electron chi connectivity index (χ1n) is 6.04. The molecule has 0 bridgehead atoms. The molecule has 0 saturated heterocycles. The van der Waals surface area contributed by atoms with E-state index in [4.69, 9.17) is 11.6 Å². The topological polar surface area (TPSA) is 68.9 Å². The Kier molecular flexibility index (Phi) is 3.43. The molecule has 1 aromatic heterocycles. The highest BCUT2D eigenvalue weighted by atomic mass is 79.9. The molecule has 1 aliphatic carbocycles. The molecule has 5 nitrogen and oxygen atoms in total. The Labute approximate surface area is 128 Å². The molecule has 3 rings (SSSR count). The summed E-state index contributed by atoms with van der Waals surface area (Å²) in [6.45, 7) is 0. The number of nitro benzene ring substituents is 1. The first-order chi connectivity index (χ1) is 9.56. The number of nitro groups is 1. The number of hydrogen-bond donors (Lipinski definition) is 0. The summed E-state index contributed by atoms with van der Waals surface area (Å²) in [7, 11) is 0. The molecule has 1 saturated carbocycles. The van der Waals surface area contributed by atoms with Gasteiger partial charge in [-0.2, -0.15) is 0 Å². The van der Waals surface area contributed by atoms with Crippen LogP contribution in [0.2, 0.25) is 5.15 Å². The quantitative estimate of drug-likeness (QED) is 0.467. The van der Waals surface area contributed by atoms with Gasteiger partial charge in [-0.05, 0) is 28.8 Å². The predicted octanol–water partition coefficient (Wildman–Crippen LogP) is 4.35. The smallest absolute Gasteiger partial charge is 0.258 e. The van der Waals surface area contributed by atoms with Gasteiger partial charge in [0.2, 0.25) is 0 Å². The monoisotopic (exact) mass is 353 g/mol. The lowest BCUT2D eigenvalue weighted by atomic mass is 10.2. The second-order valence-electron chi connectivity index (χ2n) is 4.62. The third-order valence-corrected chi connectivity index (χ3v) is 4.40. The van der Waals surface area contributed by atoms with Gasteiger partial charge in [-0.1, -0.05) is 23.7 Å². The van der Waals surface area contributed by atoms with Gasteiger partial charge in [-0.25, -0.2) is 9.97 Å². The number of nitrogens with zero attached hydrogens (tertiary/aromatic N) is 3. The van der Waals surface area contributed by atoms with E-state index in [9.17, 15) is 10.1 Å². The van der Waals surface area contributed by atoms with Crippen LogP contribution in [0.3, 0.4) is 0 Å². The van der Waals surface area contributed by atoms with Crippen LogP contribution in [0.15, 0.2) is 28.7 Å². The molecule has 1 aromatic carbocycles. The lowest BCUT2D eigenvalue weighted by Crippen LogP contribution is -1.98. The van der Waals surface area contributed by atoms with Gasteiger partial charge in [0.25, 0.3) is 5.69 Å².